The van der Waals surface area contributed by atoms with Gasteiger partial charge in [0.2, 0.25) is 0 Å². The summed E-state index contributed by atoms with van der Waals surface area (Å²) in [5.74, 6) is 0.655. The van der Waals surface area contributed by atoms with E-state index in [0.717, 1.165) is 0 Å². The molecule has 0 aliphatic heterocycles. The van der Waals surface area contributed by atoms with Crippen LogP contribution in [0.4, 0.5) is 0 Å². The van der Waals surface area contributed by atoms with E-state index in [1.165, 1.54) is 48.5 Å². The molecule has 1 heterocycles. The number of hydrogen-bond acceptors (Lipinski definition) is 6. The average molecular weight is 445 g/mol. The van der Waals surface area contributed by atoms with Crippen molar-refractivity contribution in [3.63, 3.8) is 0 Å². The maximum Gasteiger partial charge on any atom is 0.264 e. The minimum absolute atomic E-state index is 0.182. The SMILES string of the molecule is Cc1nc(-c2ccc(S(=O)(=O)N=[N+]=[N-])cc2)c(-c2ccc(S(=O)(=O)N=[N+]=[N-])cc2)o1. The summed E-state index contributed by atoms with van der Waals surface area (Å²) in [7, 11) is -8.24. The summed E-state index contributed by atoms with van der Waals surface area (Å²) in [6, 6.07) is 10.9. The average Bonchev–Trinajstić information content (AvgIpc) is 3.10. The molecule has 0 saturated carbocycles. The molecule has 14 heteroatoms. The Labute approximate surface area is 170 Å². The molecule has 0 saturated heterocycles. The van der Waals surface area contributed by atoms with Crippen LogP contribution in [0.3, 0.4) is 0 Å². The van der Waals surface area contributed by atoms with Crippen LogP contribution in [0, 0.1) is 6.92 Å². The molecule has 0 atom stereocenters. The highest BCUT2D eigenvalue weighted by atomic mass is 32.2. The zero-order valence-corrected chi connectivity index (χ0v) is 16.7. The highest BCUT2D eigenvalue weighted by molar-refractivity contribution is 7.90. The summed E-state index contributed by atoms with van der Waals surface area (Å²) >= 11 is 0. The van der Waals surface area contributed by atoms with Crippen molar-refractivity contribution in [2.45, 2.75) is 16.7 Å². The van der Waals surface area contributed by atoms with Crippen molar-refractivity contribution in [3.05, 3.63) is 75.3 Å². The van der Waals surface area contributed by atoms with Crippen LogP contribution in [0.2, 0.25) is 0 Å². The van der Waals surface area contributed by atoms with Crippen molar-refractivity contribution >= 4 is 20.0 Å². The zero-order chi connectivity index (χ0) is 21.9. The maximum absolute atomic E-state index is 11.8. The second-order valence-electron chi connectivity index (χ2n) is 5.75. The lowest BCUT2D eigenvalue weighted by atomic mass is 10.1. The molecule has 3 aromatic rings. The third-order valence-electron chi connectivity index (χ3n) is 3.86. The lowest BCUT2D eigenvalue weighted by molar-refractivity contribution is 0.534. The number of oxazole rings is 1. The number of hydrogen-bond donors (Lipinski definition) is 0. The lowest BCUT2D eigenvalue weighted by Gasteiger charge is -2.04. The van der Waals surface area contributed by atoms with Crippen molar-refractivity contribution in [3.8, 4) is 22.6 Å². The van der Waals surface area contributed by atoms with Gasteiger partial charge in [-0.3, -0.25) is 0 Å². The molecule has 0 aliphatic rings. The Morgan fingerprint density at radius 3 is 1.67 bits per heavy atom. The van der Waals surface area contributed by atoms with E-state index in [1.54, 1.807) is 6.92 Å². The Morgan fingerprint density at radius 2 is 1.23 bits per heavy atom. The molecule has 0 N–H and O–H groups in total. The van der Waals surface area contributed by atoms with Crippen LogP contribution in [0.1, 0.15) is 5.89 Å². The normalized spacial score (nSPS) is 11.4. The van der Waals surface area contributed by atoms with Gasteiger partial charge >= 0.3 is 0 Å². The Hall–Kier alpha value is -3.83. The number of benzene rings is 2. The van der Waals surface area contributed by atoms with Crippen molar-refractivity contribution in [1.29, 1.82) is 0 Å². The molecule has 152 valence electrons. The lowest BCUT2D eigenvalue weighted by Crippen LogP contribution is -1.95. The third-order valence-corrected chi connectivity index (χ3v) is 6.17. The van der Waals surface area contributed by atoms with Gasteiger partial charge in [0.25, 0.3) is 20.0 Å². The predicted molar refractivity (Wildman–Crippen MR) is 105 cm³/mol. The van der Waals surface area contributed by atoms with Crippen molar-refractivity contribution in [1.82, 2.24) is 4.98 Å². The number of rotatable bonds is 6. The van der Waals surface area contributed by atoms with E-state index < -0.39 is 20.0 Å². The zero-order valence-electron chi connectivity index (χ0n) is 15.1. The first-order chi connectivity index (χ1) is 14.2. The number of nitrogens with zero attached hydrogens (tertiary/aromatic N) is 7. The fourth-order valence-corrected chi connectivity index (χ4v) is 3.91. The molecule has 0 aliphatic carbocycles. The van der Waals surface area contributed by atoms with Crippen LogP contribution in [0.25, 0.3) is 43.5 Å². The van der Waals surface area contributed by atoms with E-state index in [9.17, 15) is 16.8 Å². The summed E-state index contributed by atoms with van der Waals surface area (Å²) in [5.41, 5.74) is 18.1. The monoisotopic (exact) mass is 445 g/mol. The first-order valence-electron chi connectivity index (χ1n) is 7.99. The summed E-state index contributed by atoms with van der Waals surface area (Å²) in [6.45, 7) is 1.62. The van der Waals surface area contributed by atoms with Gasteiger partial charge in [0.05, 0.1) is 9.79 Å². The quantitative estimate of drug-likeness (QED) is 0.308. The fraction of sp³-hybridized carbons (Fsp3) is 0.0625. The molecule has 0 radical (unpaired) electrons. The maximum atomic E-state index is 11.8. The van der Waals surface area contributed by atoms with Gasteiger partial charge in [-0.1, -0.05) is 12.1 Å². The number of aryl methyl sites for hydroxylation is 1. The predicted octanol–water partition coefficient (Wildman–Crippen LogP) is 4.32. The van der Waals surface area contributed by atoms with Gasteiger partial charge in [-0.25, -0.2) is 21.8 Å². The smallest absolute Gasteiger partial charge is 0.264 e. The van der Waals surface area contributed by atoms with E-state index in [0.29, 0.717) is 28.5 Å². The van der Waals surface area contributed by atoms with Gasteiger partial charge < -0.3 is 4.42 Å². The Balaban J connectivity index is 2.03. The summed E-state index contributed by atoms with van der Waals surface area (Å²) < 4.78 is 58.4. The van der Waals surface area contributed by atoms with Gasteiger partial charge in [0, 0.05) is 36.9 Å². The van der Waals surface area contributed by atoms with Crippen LogP contribution in [0.5, 0.6) is 0 Å². The van der Waals surface area contributed by atoms with Crippen LogP contribution < -0.4 is 0 Å². The molecule has 0 bridgehead atoms. The van der Waals surface area contributed by atoms with Crippen LogP contribution in [-0.2, 0) is 20.0 Å². The molecule has 0 amide bonds. The van der Waals surface area contributed by atoms with Crippen molar-refractivity contribution in [2.24, 2.45) is 9.04 Å². The second kappa shape index (κ2) is 7.89. The largest absolute Gasteiger partial charge is 0.440 e. The van der Waals surface area contributed by atoms with Gasteiger partial charge in [-0.15, -0.1) is 0 Å². The van der Waals surface area contributed by atoms with Gasteiger partial charge in [0.15, 0.2) is 11.7 Å². The molecule has 0 spiro atoms. The van der Waals surface area contributed by atoms with Crippen molar-refractivity contribution in [2.75, 3.05) is 0 Å². The summed E-state index contributed by atoms with van der Waals surface area (Å²) in [4.78, 5) is 8.53. The van der Waals surface area contributed by atoms with Crippen LogP contribution in [0.15, 0.2) is 71.8 Å². The molecule has 3 rings (SSSR count). The van der Waals surface area contributed by atoms with E-state index in [-0.39, 0.29) is 9.79 Å². The van der Waals surface area contributed by atoms with E-state index in [2.05, 4.69) is 23.8 Å². The molecule has 1 aromatic heterocycles. The highest BCUT2D eigenvalue weighted by Gasteiger charge is 2.19. The topological polar surface area (TPSA) is 192 Å². The first kappa shape index (κ1) is 20.9. The number of sulfonamides is 2. The van der Waals surface area contributed by atoms with Gasteiger partial charge in [0.1, 0.15) is 5.69 Å². The third kappa shape index (κ3) is 4.11. The highest BCUT2D eigenvalue weighted by Crippen LogP contribution is 2.33. The van der Waals surface area contributed by atoms with Crippen LogP contribution in [-0.4, -0.2) is 21.8 Å². The molecular weight excluding hydrogens is 434 g/mol. The first-order valence-corrected chi connectivity index (χ1v) is 10.9. The van der Waals surface area contributed by atoms with Crippen LogP contribution >= 0.6 is 0 Å². The minimum Gasteiger partial charge on any atom is -0.440 e. The molecule has 0 unspecified atom stereocenters. The van der Waals surface area contributed by atoms with E-state index >= 15 is 0 Å². The summed E-state index contributed by atoms with van der Waals surface area (Å²) in [6.07, 6.45) is 0. The second-order valence-corrected chi connectivity index (χ2v) is 8.92. The molecular formula is C16H11N7O5S2. The van der Waals surface area contributed by atoms with Crippen molar-refractivity contribution < 1.29 is 21.3 Å². The Bertz CT molecular complexity index is 1310. The van der Waals surface area contributed by atoms with E-state index in [1.807, 2.05) is 0 Å². The Morgan fingerprint density at radius 1 is 0.800 bits per heavy atom. The molecule has 2 aromatic carbocycles. The summed E-state index contributed by atoms with van der Waals surface area (Å²) in [5, 5.41) is 0. The Kier molecular flexibility index (Phi) is 5.49. The molecule has 12 nitrogen and oxygen atoms in total. The van der Waals surface area contributed by atoms with E-state index in [4.69, 9.17) is 15.5 Å². The van der Waals surface area contributed by atoms with Gasteiger partial charge in [-0.05, 0) is 47.5 Å². The fourth-order valence-electron chi connectivity index (χ4n) is 2.57. The standard InChI is InChI=1S/C16H11N7O5S2/c1-10-19-15(11-2-6-13(7-3-11)29(24,25)22-20-17)16(28-10)12-4-8-14(9-5-12)30(26,27)23-21-18/h2-9H,1H3. The molecule has 0 fully saturated rings. The van der Waals surface area contributed by atoms with Gasteiger partial charge in [-0.2, -0.15) is 0 Å². The molecule has 30 heavy (non-hydrogen) atoms. The number of aromatic nitrogens is 1. The number of azide groups is 2. The minimum atomic E-state index is -4.12.